The van der Waals surface area contributed by atoms with E-state index in [2.05, 4.69) is 10.1 Å². The summed E-state index contributed by atoms with van der Waals surface area (Å²) in [7, 11) is -3.88. The molecule has 0 aliphatic rings. The first-order chi connectivity index (χ1) is 11.9. The van der Waals surface area contributed by atoms with Gasteiger partial charge < -0.3 is 4.90 Å². The van der Waals surface area contributed by atoms with Gasteiger partial charge in [-0.1, -0.05) is 37.3 Å². The quantitative estimate of drug-likeness (QED) is 0.746. The van der Waals surface area contributed by atoms with E-state index < -0.39 is 16.1 Å². The molecule has 0 unspecified atom stereocenters. The van der Waals surface area contributed by atoms with Gasteiger partial charge >= 0.3 is 6.03 Å². The maximum absolute atomic E-state index is 12.8. The van der Waals surface area contributed by atoms with Crippen molar-refractivity contribution in [2.24, 2.45) is 0 Å². The predicted molar refractivity (Wildman–Crippen MR) is 93.4 cm³/mol. The molecule has 1 heterocycles. The Morgan fingerprint density at radius 1 is 1.08 bits per heavy atom. The van der Waals surface area contributed by atoms with Crippen molar-refractivity contribution in [3.8, 4) is 0 Å². The lowest BCUT2D eigenvalue weighted by atomic mass is 10.2. The molecule has 1 amide bonds. The molecule has 0 aliphatic heterocycles. The Bertz CT molecular complexity index is 800. The number of hydrogen-bond acceptors (Lipinski definition) is 5. The van der Waals surface area contributed by atoms with E-state index in [1.54, 1.807) is 6.92 Å². The van der Waals surface area contributed by atoms with E-state index in [-0.39, 0.29) is 18.2 Å². The van der Waals surface area contributed by atoms with Gasteiger partial charge in [-0.25, -0.2) is 18.2 Å². The highest BCUT2D eigenvalue weighted by atomic mass is 32.2. The molecule has 0 saturated carbocycles. The van der Waals surface area contributed by atoms with E-state index in [9.17, 15) is 13.2 Å². The first kappa shape index (κ1) is 19.1. The van der Waals surface area contributed by atoms with Crippen LogP contribution in [0.1, 0.15) is 26.3 Å². The Kier molecular flexibility index (Phi) is 6.27. The summed E-state index contributed by atoms with van der Waals surface area (Å²) in [5.74, 6) is 0. The minimum absolute atomic E-state index is 0.220. The second-order valence-electron chi connectivity index (χ2n) is 5.34. The minimum atomic E-state index is -3.88. The summed E-state index contributed by atoms with van der Waals surface area (Å²) < 4.78 is 27.8. The van der Waals surface area contributed by atoms with Crippen LogP contribution in [-0.4, -0.2) is 58.1 Å². The van der Waals surface area contributed by atoms with Gasteiger partial charge in [0.05, 0.1) is 0 Å². The average molecular weight is 365 g/mol. The molecule has 1 aromatic carbocycles. The molecular weight excluding hydrogens is 342 g/mol. The number of benzene rings is 1. The van der Waals surface area contributed by atoms with Crippen LogP contribution in [0.5, 0.6) is 0 Å². The van der Waals surface area contributed by atoms with E-state index in [0.717, 1.165) is 16.6 Å². The average Bonchev–Trinajstić information content (AvgIpc) is 3.12. The van der Waals surface area contributed by atoms with Gasteiger partial charge in [0.2, 0.25) is 0 Å². The van der Waals surface area contributed by atoms with Crippen molar-refractivity contribution in [1.29, 1.82) is 0 Å². The van der Waals surface area contributed by atoms with E-state index in [1.807, 2.05) is 44.2 Å². The molecule has 0 aliphatic carbocycles. The van der Waals surface area contributed by atoms with Crippen LogP contribution in [0, 0.1) is 0 Å². The highest BCUT2D eigenvalue weighted by molar-refractivity contribution is 7.88. The van der Waals surface area contributed by atoms with Gasteiger partial charge in [0.1, 0.15) is 6.33 Å². The zero-order chi connectivity index (χ0) is 18.4. The molecule has 0 atom stereocenters. The first-order valence-electron chi connectivity index (χ1n) is 8.19. The molecule has 9 heteroatoms. The van der Waals surface area contributed by atoms with Gasteiger partial charge in [0.25, 0.3) is 15.2 Å². The molecule has 8 nitrogen and oxygen atoms in total. The normalized spacial score (nSPS) is 11.7. The van der Waals surface area contributed by atoms with Gasteiger partial charge in [0.15, 0.2) is 0 Å². The van der Waals surface area contributed by atoms with Gasteiger partial charge in [-0.2, -0.15) is 8.99 Å². The lowest BCUT2D eigenvalue weighted by Gasteiger charge is -2.19. The number of aromatic nitrogens is 3. The summed E-state index contributed by atoms with van der Waals surface area (Å²) in [6, 6.07) is 8.89. The fourth-order valence-electron chi connectivity index (χ4n) is 2.37. The van der Waals surface area contributed by atoms with Crippen LogP contribution in [0.2, 0.25) is 0 Å². The number of sulfonamides is 1. The number of carbonyl (C=O) groups excluding carboxylic acids is 1. The van der Waals surface area contributed by atoms with Crippen LogP contribution in [0.25, 0.3) is 0 Å². The molecule has 0 bridgehead atoms. The zero-order valence-electron chi connectivity index (χ0n) is 14.7. The largest absolute Gasteiger partial charge is 0.346 e. The van der Waals surface area contributed by atoms with E-state index in [1.165, 1.54) is 9.21 Å². The van der Waals surface area contributed by atoms with Gasteiger partial charge in [-0.3, -0.25) is 0 Å². The topological polar surface area (TPSA) is 88.4 Å². The van der Waals surface area contributed by atoms with Crippen molar-refractivity contribution in [2.45, 2.75) is 32.5 Å². The molecule has 2 aromatic rings. The molecule has 0 radical (unpaired) electrons. The fourth-order valence-corrected chi connectivity index (χ4v) is 3.63. The van der Waals surface area contributed by atoms with Crippen molar-refractivity contribution in [2.75, 3.05) is 19.6 Å². The Balaban J connectivity index is 2.25. The first-order valence-corrected chi connectivity index (χ1v) is 9.63. The van der Waals surface area contributed by atoms with Crippen molar-refractivity contribution in [3.05, 3.63) is 42.2 Å². The van der Waals surface area contributed by atoms with Gasteiger partial charge in [-0.15, -0.1) is 5.10 Å². The summed E-state index contributed by atoms with van der Waals surface area (Å²) in [5.41, 5.74) is 0.867. The molecule has 2 rings (SSSR count). The Morgan fingerprint density at radius 2 is 1.72 bits per heavy atom. The third kappa shape index (κ3) is 4.23. The molecule has 0 saturated heterocycles. The molecule has 0 spiro atoms. The summed E-state index contributed by atoms with van der Waals surface area (Å²) in [6.07, 6.45) is 1.14. The lowest BCUT2D eigenvalue weighted by molar-refractivity contribution is 0.201. The van der Waals surface area contributed by atoms with E-state index in [0.29, 0.717) is 13.1 Å². The van der Waals surface area contributed by atoms with Crippen molar-refractivity contribution in [1.82, 2.24) is 24.0 Å². The summed E-state index contributed by atoms with van der Waals surface area (Å²) >= 11 is 0. The van der Waals surface area contributed by atoms with Crippen LogP contribution in [-0.2, 0) is 16.6 Å². The molecule has 136 valence electrons. The molecule has 0 N–H and O–H groups in total. The van der Waals surface area contributed by atoms with E-state index in [4.69, 9.17) is 0 Å². The predicted octanol–water partition coefficient (Wildman–Crippen LogP) is 1.80. The number of hydrogen-bond donors (Lipinski definition) is 0. The van der Waals surface area contributed by atoms with Gasteiger partial charge in [-0.05, 0) is 19.4 Å². The number of amides is 1. The van der Waals surface area contributed by atoms with Crippen molar-refractivity contribution in [3.63, 3.8) is 0 Å². The summed E-state index contributed by atoms with van der Waals surface area (Å²) in [4.78, 5) is 17.6. The third-order valence-corrected chi connectivity index (χ3v) is 5.54. The standard InChI is InChI=1S/C16H23N5O3S/c1-4-19(5-2)16(22)21-13-17-15(18-21)25(23,24)20(6-3)12-14-10-8-7-9-11-14/h7-11,13H,4-6,12H2,1-3H3. The Morgan fingerprint density at radius 3 is 2.28 bits per heavy atom. The van der Waals surface area contributed by atoms with Crippen molar-refractivity contribution >= 4 is 16.1 Å². The van der Waals surface area contributed by atoms with Gasteiger partial charge in [0, 0.05) is 26.2 Å². The smallest absolute Gasteiger partial charge is 0.323 e. The molecular formula is C16H23N5O3S. The molecule has 0 fully saturated rings. The highest BCUT2D eigenvalue weighted by Crippen LogP contribution is 2.15. The van der Waals surface area contributed by atoms with Crippen LogP contribution < -0.4 is 0 Å². The zero-order valence-corrected chi connectivity index (χ0v) is 15.5. The monoisotopic (exact) mass is 365 g/mol. The van der Waals surface area contributed by atoms with Crippen LogP contribution in [0.4, 0.5) is 4.79 Å². The Labute approximate surface area is 148 Å². The minimum Gasteiger partial charge on any atom is -0.323 e. The van der Waals surface area contributed by atoms with Crippen LogP contribution in [0.15, 0.2) is 41.8 Å². The maximum Gasteiger partial charge on any atom is 0.346 e. The summed E-state index contributed by atoms with van der Waals surface area (Å²) in [5, 5.41) is 3.52. The van der Waals surface area contributed by atoms with E-state index >= 15 is 0 Å². The number of rotatable bonds is 7. The summed E-state index contributed by atoms with van der Waals surface area (Å²) in [6.45, 7) is 6.94. The second-order valence-corrected chi connectivity index (χ2v) is 7.18. The Hall–Kier alpha value is -2.26. The van der Waals surface area contributed by atoms with Crippen LogP contribution >= 0.6 is 0 Å². The second kappa shape index (κ2) is 8.21. The fraction of sp³-hybridized carbons (Fsp3) is 0.438. The molecule has 25 heavy (non-hydrogen) atoms. The number of nitrogens with zero attached hydrogens (tertiary/aromatic N) is 5. The van der Waals surface area contributed by atoms with Crippen molar-refractivity contribution < 1.29 is 13.2 Å². The lowest BCUT2D eigenvalue weighted by Crippen LogP contribution is -2.35. The highest BCUT2D eigenvalue weighted by Gasteiger charge is 2.28. The number of carbonyl (C=O) groups is 1. The SMILES string of the molecule is CCN(CC)C(=O)n1cnc(S(=O)(=O)N(CC)Cc2ccccc2)n1. The third-order valence-electron chi connectivity index (χ3n) is 3.83. The maximum atomic E-state index is 12.8. The molecule has 1 aromatic heterocycles. The van der Waals surface area contributed by atoms with Crippen LogP contribution in [0.3, 0.4) is 0 Å².